The normalized spacial score (nSPS) is 10.8. The molecular weight excluding hydrogens is 352 g/mol. The number of rotatable bonds is 6. The predicted octanol–water partition coefficient (Wildman–Crippen LogP) is 4.47. The van der Waals surface area contributed by atoms with Crippen LogP contribution in [0.3, 0.4) is 0 Å². The molecule has 6 nitrogen and oxygen atoms in total. The van der Waals surface area contributed by atoms with Gasteiger partial charge in [0.25, 0.3) is 5.69 Å². The van der Waals surface area contributed by atoms with E-state index in [1.165, 1.54) is 29.5 Å². The lowest BCUT2D eigenvalue weighted by Crippen LogP contribution is -2.00. The molecule has 0 atom stereocenters. The molecule has 1 aromatic heterocycles. The molecule has 0 bridgehead atoms. The Hall–Kier alpha value is -3.32. The van der Waals surface area contributed by atoms with E-state index >= 15 is 0 Å². The van der Waals surface area contributed by atoms with E-state index in [9.17, 15) is 14.9 Å². The molecule has 1 heterocycles. The Morgan fingerprint density at radius 1 is 1.15 bits per heavy atom. The van der Waals surface area contributed by atoms with Gasteiger partial charge in [-0.25, -0.2) is 9.78 Å². The largest absolute Gasteiger partial charge is 0.456 e. The Morgan fingerprint density at radius 2 is 1.88 bits per heavy atom. The van der Waals surface area contributed by atoms with Crippen molar-refractivity contribution in [1.82, 2.24) is 4.98 Å². The zero-order chi connectivity index (χ0) is 18.4. The Bertz CT molecular complexity index is 934. The summed E-state index contributed by atoms with van der Waals surface area (Å²) in [6.07, 6.45) is 2.83. The number of esters is 1. The van der Waals surface area contributed by atoms with Gasteiger partial charge in [0.2, 0.25) is 0 Å². The maximum Gasteiger partial charge on any atom is 0.331 e. The Labute approximate surface area is 153 Å². The Kier molecular flexibility index (Phi) is 5.50. The van der Waals surface area contributed by atoms with Crippen LogP contribution in [0, 0.1) is 10.1 Å². The van der Waals surface area contributed by atoms with E-state index in [1.807, 2.05) is 35.7 Å². The maximum atomic E-state index is 11.8. The number of ether oxygens (including phenoxy) is 1. The molecule has 0 amide bonds. The van der Waals surface area contributed by atoms with Crippen molar-refractivity contribution in [3.8, 4) is 10.6 Å². The smallest absolute Gasteiger partial charge is 0.331 e. The van der Waals surface area contributed by atoms with Gasteiger partial charge < -0.3 is 4.74 Å². The van der Waals surface area contributed by atoms with Gasteiger partial charge in [-0.2, -0.15) is 0 Å². The van der Waals surface area contributed by atoms with Gasteiger partial charge in [0, 0.05) is 29.2 Å². The number of benzene rings is 2. The molecule has 26 heavy (non-hydrogen) atoms. The molecule has 0 radical (unpaired) electrons. The number of nitro benzene ring substituents is 1. The minimum Gasteiger partial charge on any atom is -0.456 e. The quantitative estimate of drug-likeness (QED) is 0.278. The second kappa shape index (κ2) is 8.17. The lowest BCUT2D eigenvalue weighted by molar-refractivity contribution is -0.384. The number of non-ortho nitro benzene ring substituents is 1. The molecule has 7 heteroatoms. The van der Waals surface area contributed by atoms with Crippen molar-refractivity contribution in [1.29, 1.82) is 0 Å². The summed E-state index contributed by atoms with van der Waals surface area (Å²) < 4.78 is 5.17. The SMILES string of the molecule is O=C(/C=C/c1ccc([N+](=O)[O-])cc1)OCc1csc(-c2ccccc2)n1. The summed E-state index contributed by atoms with van der Waals surface area (Å²) in [5.41, 5.74) is 2.38. The molecule has 0 aliphatic heterocycles. The number of nitrogens with zero attached hydrogens (tertiary/aromatic N) is 2. The van der Waals surface area contributed by atoms with Crippen LogP contribution in [0.15, 0.2) is 66.1 Å². The third-order valence-electron chi connectivity index (χ3n) is 3.45. The molecule has 3 aromatic rings. The summed E-state index contributed by atoms with van der Waals surface area (Å²) in [7, 11) is 0. The van der Waals surface area contributed by atoms with E-state index in [0.29, 0.717) is 11.3 Å². The van der Waals surface area contributed by atoms with Crippen LogP contribution in [-0.4, -0.2) is 15.9 Å². The monoisotopic (exact) mass is 366 g/mol. The van der Waals surface area contributed by atoms with Crippen molar-refractivity contribution in [3.63, 3.8) is 0 Å². The van der Waals surface area contributed by atoms with Crippen molar-refractivity contribution in [2.24, 2.45) is 0 Å². The first-order chi connectivity index (χ1) is 12.6. The number of carbonyl (C=O) groups is 1. The fourth-order valence-corrected chi connectivity index (χ4v) is 2.96. The Balaban J connectivity index is 1.54. The van der Waals surface area contributed by atoms with Gasteiger partial charge in [-0.15, -0.1) is 11.3 Å². The lowest BCUT2D eigenvalue weighted by atomic mass is 10.2. The van der Waals surface area contributed by atoms with Gasteiger partial charge in [-0.05, 0) is 23.8 Å². The predicted molar refractivity (Wildman–Crippen MR) is 99.5 cm³/mol. The fourth-order valence-electron chi connectivity index (χ4n) is 2.15. The minimum absolute atomic E-state index is 0.00230. The molecule has 0 aliphatic rings. The van der Waals surface area contributed by atoms with Crippen LogP contribution in [0.1, 0.15) is 11.3 Å². The van der Waals surface area contributed by atoms with Gasteiger partial charge in [0.1, 0.15) is 11.6 Å². The molecule has 0 unspecified atom stereocenters. The van der Waals surface area contributed by atoms with Crippen LogP contribution >= 0.6 is 11.3 Å². The van der Waals surface area contributed by atoms with Gasteiger partial charge in [-0.3, -0.25) is 10.1 Å². The van der Waals surface area contributed by atoms with Crippen molar-refractivity contribution >= 4 is 29.1 Å². The molecule has 130 valence electrons. The van der Waals surface area contributed by atoms with Crippen LogP contribution in [0.5, 0.6) is 0 Å². The van der Waals surface area contributed by atoms with Crippen LogP contribution in [0.25, 0.3) is 16.6 Å². The molecule has 0 saturated carbocycles. The number of aromatic nitrogens is 1. The average molecular weight is 366 g/mol. The highest BCUT2D eigenvalue weighted by atomic mass is 32.1. The third kappa shape index (κ3) is 4.61. The van der Waals surface area contributed by atoms with E-state index in [1.54, 1.807) is 18.2 Å². The van der Waals surface area contributed by atoms with Crippen LogP contribution in [0.4, 0.5) is 5.69 Å². The highest BCUT2D eigenvalue weighted by Crippen LogP contribution is 2.23. The molecule has 0 N–H and O–H groups in total. The van der Waals surface area contributed by atoms with E-state index in [4.69, 9.17) is 4.74 Å². The highest BCUT2D eigenvalue weighted by Gasteiger charge is 2.06. The summed E-state index contributed by atoms with van der Waals surface area (Å²) in [5, 5.41) is 13.3. The summed E-state index contributed by atoms with van der Waals surface area (Å²) in [4.78, 5) is 26.4. The molecule has 2 aromatic carbocycles. The van der Waals surface area contributed by atoms with Gasteiger partial charge >= 0.3 is 5.97 Å². The fraction of sp³-hybridized carbons (Fsp3) is 0.0526. The van der Waals surface area contributed by atoms with Crippen molar-refractivity contribution < 1.29 is 14.5 Å². The van der Waals surface area contributed by atoms with Gasteiger partial charge in [-0.1, -0.05) is 30.3 Å². The number of hydrogen-bond donors (Lipinski definition) is 0. The lowest BCUT2D eigenvalue weighted by Gasteiger charge is -1.99. The molecule has 0 saturated heterocycles. The van der Waals surface area contributed by atoms with E-state index in [0.717, 1.165) is 10.6 Å². The number of thiazole rings is 1. The molecule has 3 rings (SSSR count). The zero-order valence-corrected chi connectivity index (χ0v) is 14.4. The second-order valence-corrected chi connectivity index (χ2v) is 6.16. The standard InChI is InChI=1S/C19H14N2O4S/c22-18(11-8-14-6-9-17(10-7-14)21(23)24)25-12-16-13-26-19(20-16)15-4-2-1-3-5-15/h1-11,13H,12H2/b11-8+. The first-order valence-electron chi connectivity index (χ1n) is 7.71. The molecule has 0 aliphatic carbocycles. The number of nitro groups is 1. The van der Waals surface area contributed by atoms with Crippen LogP contribution < -0.4 is 0 Å². The highest BCUT2D eigenvalue weighted by molar-refractivity contribution is 7.13. The molecule has 0 fully saturated rings. The second-order valence-electron chi connectivity index (χ2n) is 5.30. The molecular formula is C19H14N2O4S. The number of carbonyl (C=O) groups excluding carboxylic acids is 1. The molecule has 0 spiro atoms. The van der Waals surface area contributed by atoms with Crippen molar-refractivity contribution in [2.75, 3.05) is 0 Å². The maximum absolute atomic E-state index is 11.8. The first kappa shape index (κ1) is 17.5. The summed E-state index contributed by atoms with van der Waals surface area (Å²) in [6.45, 7) is 0.0900. The van der Waals surface area contributed by atoms with E-state index in [2.05, 4.69) is 4.98 Å². The van der Waals surface area contributed by atoms with Gasteiger partial charge in [0.05, 0.1) is 10.6 Å². The third-order valence-corrected chi connectivity index (χ3v) is 4.39. The summed E-state index contributed by atoms with van der Waals surface area (Å²) in [6, 6.07) is 15.7. The topological polar surface area (TPSA) is 82.3 Å². The first-order valence-corrected chi connectivity index (χ1v) is 8.59. The minimum atomic E-state index is -0.502. The average Bonchev–Trinajstić information content (AvgIpc) is 3.15. The van der Waals surface area contributed by atoms with E-state index < -0.39 is 10.9 Å². The number of hydrogen-bond acceptors (Lipinski definition) is 6. The van der Waals surface area contributed by atoms with Gasteiger partial charge in [0.15, 0.2) is 0 Å². The van der Waals surface area contributed by atoms with Crippen molar-refractivity contribution in [2.45, 2.75) is 6.61 Å². The Morgan fingerprint density at radius 3 is 2.58 bits per heavy atom. The van der Waals surface area contributed by atoms with E-state index in [-0.39, 0.29) is 12.3 Å². The summed E-state index contributed by atoms with van der Waals surface area (Å²) in [5.74, 6) is -0.502. The summed E-state index contributed by atoms with van der Waals surface area (Å²) >= 11 is 1.49. The van der Waals surface area contributed by atoms with Crippen molar-refractivity contribution in [3.05, 3.63) is 87.4 Å². The van der Waals surface area contributed by atoms with Crippen LogP contribution in [0.2, 0.25) is 0 Å². The zero-order valence-electron chi connectivity index (χ0n) is 13.6. The van der Waals surface area contributed by atoms with Crippen LogP contribution in [-0.2, 0) is 16.1 Å².